The molecule has 10 heteroatoms. The summed E-state index contributed by atoms with van der Waals surface area (Å²) < 4.78 is 0. The highest BCUT2D eigenvalue weighted by Gasteiger charge is 2.16. The number of benzene rings is 2. The lowest BCUT2D eigenvalue weighted by Gasteiger charge is -2.09. The van der Waals surface area contributed by atoms with Crippen molar-refractivity contribution in [1.29, 1.82) is 10.5 Å². The lowest BCUT2D eigenvalue weighted by Crippen LogP contribution is -2.15. The van der Waals surface area contributed by atoms with Gasteiger partial charge in [0.05, 0.1) is 11.4 Å². The van der Waals surface area contributed by atoms with E-state index in [9.17, 15) is 20.1 Å². The normalized spacial score (nSPS) is 11.0. The number of nitrogens with one attached hydrogen (secondary N) is 2. The van der Waals surface area contributed by atoms with Crippen molar-refractivity contribution in [2.24, 2.45) is 0 Å². The molecule has 0 spiro atoms. The number of aromatic nitrogens is 4. The van der Waals surface area contributed by atoms with Crippen LogP contribution < -0.4 is 11.1 Å². The van der Waals surface area contributed by atoms with E-state index in [1.165, 1.54) is 34.7 Å². The number of nitrogens with zero attached hydrogens (tertiary/aromatic N) is 4. The highest BCUT2D eigenvalue weighted by atomic mass is 32.2. The van der Waals surface area contributed by atoms with E-state index in [4.69, 9.17) is 0 Å². The lowest BCUT2D eigenvalue weighted by molar-refractivity contribution is 0.866. The Hall–Kier alpha value is -4.12. The van der Waals surface area contributed by atoms with E-state index >= 15 is 0 Å². The molecule has 0 fully saturated rings. The van der Waals surface area contributed by atoms with E-state index < -0.39 is 11.1 Å². The molecule has 0 aliphatic carbocycles. The van der Waals surface area contributed by atoms with Crippen LogP contribution in [0.3, 0.4) is 0 Å². The van der Waals surface area contributed by atoms with Gasteiger partial charge < -0.3 is 9.97 Å². The highest BCUT2D eigenvalue weighted by Crippen LogP contribution is 2.27. The molecule has 2 N–H and O–H groups in total. The molecule has 4 aromatic rings. The average Bonchev–Trinajstić information content (AvgIpc) is 2.98. The Kier molecular flexibility index (Phi) is 10.4. The molecular weight excluding hydrogens is 565 g/mol. The second-order valence-electron chi connectivity index (χ2n) is 10.4. The molecule has 0 unspecified atom stereocenters. The first-order chi connectivity index (χ1) is 20.2. The van der Waals surface area contributed by atoms with Crippen molar-refractivity contribution >= 4 is 23.5 Å². The highest BCUT2D eigenvalue weighted by molar-refractivity contribution is 7.99. The molecule has 0 aliphatic heterocycles. The molecule has 0 amide bonds. The summed E-state index contributed by atoms with van der Waals surface area (Å²) in [4.78, 5) is 39.8. The van der Waals surface area contributed by atoms with Crippen molar-refractivity contribution in [1.82, 2.24) is 19.9 Å². The number of rotatable bonds is 11. The number of aromatic amines is 2. The minimum Gasteiger partial charge on any atom is -0.300 e. The molecule has 214 valence electrons. The van der Waals surface area contributed by atoms with Gasteiger partial charge in [-0.05, 0) is 35.8 Å². The summed E-state index contributed by atoms with van der Waals surface area (Å²) in [7, 11) is 0. The molecule has 0 saturated heterocycles. The van der Waals surface area contributed by atoms with Gasteiger partial charge in [0, 0.05) is 22.6 Å². The number of H-pyrrole nitrogens is 2. The van der Waals surface area contributed by atoms with Gasteiger partial charge in [0.2, 0.25) is 0 Å². The number of unbranched alkanes of at least 4 members (excludes halogenated alkanes) is 1. The van der Waals surface area contributed by atoms with Crippen LogP contribution in [0.25, 0.3) is 22.5 Å². The van der Waals surface area contributed by atoms with Gasteiger partial charge in [-0.3, -0.25) is 9.59 Å². The van der Waals surface area contributed by atoms with Gasteiger partial charge in [0.25, 0.3) is 11.1 Å². The second-order valence-corrected chi connectivity index (χ2v) is 12.5. The van der Waals surface area contributed by atoms with Crippen molar-refractivity contribution in [3.8, 4) is 34.7 Å². The van der Waals surface area contributed by atoms with Crippen molar-refractivity contribution in [3.63, 3.8) is 0 Å². The van der Waals surface area contributed by atoms with Crippen molar-refractivity contribution < 1.29 is 0 Å². The Balaban J connectivity index is 1.37. The van der Waals surface area contributed by atoms with E-state index in [1.807, 2.05) is 60.7 Å². The Morgan fingerprint density at radius 1 is 0.667 bits per heavy atom. The molecule has 4 rings (SSSR count). The Bertz CT molecular complexity index is 1610. The van der Waals surface area contributed by atoms with Crippen LogP contribution in [0.4, 0.5) is 0 Å². The topological polar surface area (TPSA) is 139 Å². The van der Waals surface area contributed by atoms with E-state index in [0.717, 1.165) is 24.0 Å². The lowest BCUT2D eigenvalue weighted by atomic mass is 10.00. The summed E-state index contributed by atoms with van der Waals surface area (Å²) in [6, 6.07) is 19.6. The molecule has 8 nitrogen and oxygen atoms in total. The minimum atomic E-state index is -0.445. The maximum atomic E-state index is 12.6. The van der Waals surface area contributed by atoms with Crippen LogP contribution in [0.15, 0.2) is 68.4 Å². The van der Waals surface area contributed by atoms with Crippen molar-refractivity contribution in [3.05, 3.63) is 91.5 Å². The van der Waals surface area contributed by atoms with E-state index in [-0.39, 0.29) is 11.1 Å². The first kappa shape index (κ1) is 30.8. The third-order valence-corrected chi connectivity index (χ3v) is 8.66. The Morgan fingerprint density at radius 2 is 1.02 bits per heavy atom. The SMILES string of the molecule is CC(C)c1ccc(-c2nc(SCCCCSc3nc(-c4ccc(C(C)C)cc4)c(C#N)c(=O)[nH]3)[nH]c(=O)c2C#N)cc1. The number of thioether (sulfide) groups is 2. The molecule has 0 aliphatic rings. The number of hydrogen-bond donors (Lipinski definition) is 2. The third kappa shape index (κ3) is 7.39. The van der Waals surface area contributed by atoms with Crippen molar-refractivity contribution in [2.45, 2.75) is 62.7 Å². The van der Waals surface area contributed by atoms with Crippen LogP contribution in [0.5, 0.6) is 0 Å². The van der Waals surface area contributed by atoms with E-state index in [0.29, 0.717) is 45.0 Å². The Labute approximate surface area is 253 Å². The van der Waals surface area contributed by atoms with Crippen LogP contribution in [-0.2, 0) is 0 Å². The molecule has 42 heavy (non-hydrogen) atoms. The fourth-order valence-electron chi connectivity index (χ4n) is 4.26. The smallest absolute Gasteiger partial charge is 0.270 e. The average molecular weight is 597 g/mol. The van der Waals surface area contributed by atoms with Gasteiger partial charge in [0.15, 0.2) is 10.3 Å². The summed E-state index contributed by atoms with van der Waals surface area (Å²) in [5.41, 5.74) is 3.72. The summed E-state index contributed by atoms with van der Waals surface area (Å²) in [6.45, 7) is 8.44. The predicted molar refractivity (Wildman–Crippen MR) is 169 cm³/mol. The molecule has 0 bridgehead atoms. The predicted octanol–water partition coefficient (Wildman–Crippen LogP) is 6.84. The van der Waals surface area contributed by atoms with Gasteiger partial charge >= 0.3 is 0 Å². The van der Waals surface area contributed by atoms with E-state index in [1.54, 1.807) is 0 Å². The number of nitriles is 2. The fourth-order valence-corrected chi connectivity index (χ4v) is 5.99. The fraction of sp³-hybridized carbons (Fsp3) is 0.312. The summed E-state index contributed by atoms with van der Waals surface area (Å²) >= 11 is 2.86. The van der Waals surface area contributed by atoms with Gasteiger partial charge in [0.1, 0.15) is 23.3 Å². The second kappa shape index (κ2) is 14.2. The van der Waals surface area contributed by atoms with Gasteiger partial charge in [-0.25, -0.2) is 9.97 Å². The standard InChI is InChI=1S/C32H32N6O2S2/c1-19(2)21-7-11-23(12-8-21)27-25(17-33)29(39)37-31(35-27)41-15-5-6-16-42-32-36-28(26(18-34)30(40)38-32)24-13-9-22(10-14-24)20(3)4/h7-14,19-20H,5-6,15-16H2,1-4H3,(H,35,37,39)(H,36,38,40). The number of hydrogen-bond acceptors (Lipinski definition) is 8. The van der Waals surface area contributed by atoms with Crippen LogP contribution in [0, 0.1) is 22.7 Å². The van der Waals surface area contributed by atoms with Crippen LogP contribution in [-0.4, -0.2) is 31.4 Å². The van der Waals surface area contributed by atoms with Crippen molar-refractivity contribution in [2.75, 3.05) is 11.5 Å². The first-order valence-electron chi connectivity index (χ1n) is 13.8. The molecule has 2 heterocycles. The zero-order valence-corrected chi connectivity index (χ0v) is 25.7. The Morgan fingerprint density at radius 3 is 1.33 bits per heavy atom. The van der Waals surface area contributed by atoms with Gasteiger partial charge in [-0.15, -0.1) is 0 Å². The zero-order valence-electron chi connectivity index (χ0n) is 24.0. The largest absolute Gasteiger partial charge is 0.300 e. The van der Waals surface area contributed by atoms with Gasteiger partial charge in [-0.2, -0.15) is 10.5 Å². The summed E-state index contributed by atoms with van der Waals surface area (Å²) in [6.07, 6.45) is 1.67. The molecule has 2 aromatic heterocycles. The molecule has 0 atom stereocenters. The summed E-state index contributed by atoms with van der Waals surface area (Å²) in [5.74, 6) is 2.18. The maximum absolute atomic E-state index is 12.6. The quantitative estimate of drug-likeness (QED) is 0.109. The monoisotopic (exact) mass is 596 g/mol. The van der Waals surface area contributed by atoms with E-state index in [2.05, 4.69) is 47.6 Å². The first-order valence-corrected chi connectivity index (χ1v) is 15.7. The van der Waals surface area contributed by atoms with Crippen LogP contribution in [0.2, 0.25) is 0 Å². The third-order valence-electron chi connectivity index (χ3n) is 6.74. The summed E-state index contributed by atoms with van der Waals surface area (Å²) in [5, 5.41) is 20.1. The zero-order chi connectivity index (χ0) is 30.2. The minimum absolute atomic E-state index is 0.00666. The molecular formula is C32H32N6O2S2. The molecule has 0 radical (unpaired) electrons. The molecule has 2 aromatic carbocycles. The van der Waals surface area contributed by atoms with Gasteiger partial charge in [-0.1, -0.05) is 99.7 Å². The molecule has 0 saturated carbocycles. The maximum Gasteiger partial charge on any atom is 0.270 e. The van der Waals surface area contributed by atoms with Crippen LogP contribution in [0.1, 0.15) is 74.6 Å². The van der Waals surface area contributed by atoms with Crippen LogP contribution >= 0.6 is 23.5 Å².